The zero-order valence-corrected chi connectivity index (χ0v) is 14.0. The van der Waals surface area contributed by atoms with Crippen LogP contribution < -0.4 is 10.6 Å². The van der Waals surface area contributed by atoms with Crippen LogP contribution in [0.25, 0.3) is 6.08 Å². The molecule has 0 atom stereocenters. The van der Waals surface area contributed by atoms with Crippen molar-refractivity contribution in [2.75, 3.05) is 18.4 Å². The Labute approximate surface area is 152 Å². The molecule has 0 saturated carbocycles. The van der Waals surface area contributed by atoms with Crippen LogP contribution in [0.1, 0.15) is 11.1 Å². The maximum absolute atomic E-state index is 12.5. The molecule has 9 heteroatoms. The molecule has 2 aromatic carbocycles. The molecule has 27 heavy (non-hydrogen) atoms. The first-order valence-corrected chi connectivity index (χ1v) is 7.87. The number of nitro groups is 1. The number of carbonyl (C=O) groups excluding carboxylic acids is 1. The van der Waals surface area contributed by atoms with Gasteiger partial charge in [-0.05, 0) is 35.9 Å². The summed E-state index contributed by atoms with van der Waals surface area (Å²) in [6, 6.07) is 10.3. The highest BCUT2D eigenvalue weighted by Crippen LogP contribution is 2.29. The number of nitrogens with one attached hydrogen (secondary N) is 2. The summed E-state index contributed by atoms with van der Waals surface area (Å²) >= 11 is 0. The molecule has 0 heterocycles. The third kappa shape index (κ3) is 6.46. The first kappa shape index (κ1) is 20.0. The van der Waals surface area contributed by atoms with Crippen LogP contribution in [0, 0.1) is 10.1 Å². The lowest BCUT2D eigenvalue weighted by atomic mass is 10.1. The SMILES string of the molecule is O=C(/C=C/c1ccc(C(F)(F)F)cc1)NCCNc1ccc([N+](=O)[O-])cc1. The Kier molecular flexibility index (Phi) is 6.53. The van der Waals surface area contributed by atoms with Crippen molar-refractivity contribution in [3.05, 3.63) is 75.8 Å². The van der Waals surface area contributed by atoms with Gasteiger partial charge in [-0.1, -0.05) is 12.1 Å². The van der Waals surface area contributed by atoms with Gasteiger partial charge < -0.3 is 10.6 Å². The van der Waals surface area contributed by atoms with Crippen molar-refractivity contribution in [1.29, 1.82) is 0 Å². The number of amides is 1. The van der Waals surface area contributed by atoms with Crippen LogP contribution in [-0.4, -0.2) is 23.9 Å². The molecule has 0 bridgehead atoms. The molecule has 0 aliphatic heterocycles. The number of rotatable bonds is 7. The molecule has 2 N–H and O–H groups in total. The number of benzene rings is 2. The van der Waals surface area contributed by atoms with E-state index in [1.54, 1.807) is 12.1 Å². The highest BCUT2D eigenvalue weighted by molar-refractivity contribution is 5.91. The van der Waals surface area contributed by atoms with Crippen LogP contribution in [0.4, 0.5) is 24.5 Å². The lowest BCUT2D eigenvalue weighted by molar-refractivity contribution is -0.384. The molecule has 142 valence electrons. The average molecular weight is 379 g/mol. The molecule has 2 rings (SSSR count). The lowest BCUT2D eigenvalue weighted by Crippen LogP contribution is -2.27. The van der Waals surface area contributed by atoms with Crippen LogP contribution in [0.15, 0.2) is 54.6 Å². The second kappa shape index (κ2) is 8.84. The molecule has 0 unspecified atom stereocenters. The summed E-state index contributed by atoms with van der Waals surface area (Å²) < 4.78 is 37.4. The molecule has 0 saturated heterocycles. The first-order valence-electron chi connectivity index (χ1n) is 7.87. The van der Waals surface area contributed by atoms with Gasteiger partial charge in [0, 0.05) is 37.0 Å². The summed E-state index contributed by atoms with van der Waals surface area (Å²) in [5, 5.41) is 16.2. The number of carbonyl (C=O) groups is 1. The number of hydrogen-bond donors (Lipinski definition) is 2. The van der Waals surface area contributed by atoms with Crippen molar-refractivity contribution in [3.8, 4) is 0 Å². The van der Waals surface area contributed by atoms with Gasteiger partial charge >= 0.3 is 6.18 Å². The molecule has 0 aliphatic rings. The molecule has 0 fully saturated rings. The van der Waals surface area contributed by atoms with E-state index in [0.717, 1.165) is 12.1 Å². The quantitative estimate of drug-likeness (QED) is 0.331. The molecule has 0 aliphatic carbocycles. The number of nitro benzene ring substituents is 1. The first-order chi connectivity index (χ1) is 12.8. The van der Waals surface area contributed by atoms with Crippen molar-refractivity contribution in [1.82, 2.24) is 5.32 Å². The summed E-state index contributed by atoms with van der Waals surface area (Å²) in [5.41, 5.74) is 0.390. The van der Waals surface area contributed by atoms with E-state index in [4.69, 9.17) is 0 Å². The van der Waals surface area contributed by atoms with Gasteiger partial charge in [-0.25, -0.2) is 0 Å². The Bertz CT molecular complexity index is 816. The number of anilines is 1. The van der Waals surface area contributed by atoms with Gasteiger partial charge in [0.05, 0.1) is 10.5 Å². The minimum absolute atomic E-state index is 0.0118. The fraction of sp³-hybridized carbons (Fsp3) is 0.167. The van der Waals surface area contributed by atoms with E-state index in [9.17, 15) is 28.1 Å². The van der Waals surface area contributed by atoms with Crippen LogP contribution in [0.3, 0.4) is 0 Å². The Morgan fingerprint density at radius 1 is 1.04 bits per heavy atom. The molecule has 6 nitrogen and oxygen atoms in total. The summed E-state index contributed by atoms with van der Waals surface area (Å²) in [6.45, 7) is 0.699. The van der Waals surface area contributed by atoms with E-state index < -0.39 is 16.7 Å². The molecule has 0 spiro atoms. The standard InChI is InChI=1S/C18H16F3N3O3/c19-18(20,21)14-4-1-13(2-5-14)3-10-17(25)23-12-11-22-15-6-8-16(9-7-15)24(26)27/h1-10,22H,11-12H2,(H,23,25)/b10-3+. The van der Waals surface area contributed by atoms with Gasteiger partial charge in [0.15, 0.2) is 0 Å². The van der Waals surface area contributed by atoms with Crippen molar-refractivity contribution in [3.63, 3.8) is 0 Å². The summed E-state index contributed by atoms with van der Waals surface area (Å²) in [4.78, 5) is 21.8. The van der Waals surface area contributed by atoms with Gasteiger partial charge in [0.1, 0.15) is 0 Å². The average Bonchev–Trinajstić information content (AvgIpc) is 2.63. The highest BCUT2D eigenvalue weighted by Gasteiger charge is 2.29. The zero-order valence-electron chi connectivity index (χ0n) is 14.0. The molecular weight excluding hydrogens is 363 g/mol. The second-order valence-corrected chi connectivity index (χ2v) is 5.47. The minimum Gasteiger partial charge on any atom is -0.383 e. The maximum Gasteiger partial charge on any atom is 0.416 e. The van der Waals surface area contributed by atoms with E-state index in [1.165, 1.54) is 36.4 Å². The predicted octanol–water partition coefficient (Wildman–Crippen LogP) is 3.86. The van der Waals surface area contributed by atoms with Crippen molar-refractivity contribution < 1.29 is 22.9 Å². The summed E-state index contributed by atoms with van der Waals surface area (Å²) in [6.07, 6.45) is -1.75. The normalized spacial score (nSPS) is 11.4. The van der Waals surface area contributed by atoms with E-state index in [2.05, 4.69) is 10.6 Å². The highest BCUT2D eigenvalue weighted by atomic mass is 19.4. The fourth-order valence-electron chi connectivity index (χ4n) is 2.11. The topological polar surface area (TPSA) is 84.3 Å². The predicted molar refractivity (Wildman–Crippen MR) is 95.1 cm³/mol. The van der Waals surface area contributed by atoms with E-state index in [1.807, 2.05) is 0 Å². The summed E-state index contributed by atoms with van der Waals surface area (Å²) in [5.74, 6) is -0.389. The van der Waals surface area contributed by atoms with Gasteiger partial charge in [-0.15, -0.1) is 0 Å². The van der Waals surface area contributed by atoms with E-state index >= 15 is 0 Å². The van der Waals surface area contributed by atoms with Gasteiger partial charge in [-0.3, -0.25) is 14.9 Å². The number of nitrogens with zero attached hydrogens (tertiary/aromatic N) is 1. The monoisotopic (exact) mass is 379 g/mol. The Morgan fingerprint density at radius 2 is 1.67 bits per heavy atom. The maximum atomic E-state index is 12.5. The molecule has 1 amide bonds. The van der Waals surface area contributed by atoms with E-state index in [0.29, 0.717) is 24.3 Å². The van der Waals surface area contributed by atoms with Crippen molar-refractivity contribution in [2.45, 2.75) is 6.18 Å². The molecule has 2 aromatic rings. The van der Waals surface area contributed by atoms with Crippen molar-refractivity contribution >= 4 is 23.4 Å². The van der Waals surface area contributed by atoms with Crippen LogP contribution in [-0.2, 0) is 11.0 Å². The second-order valence-electron chi connectivity index (χ2n) is 5.47. The van der Waals surface area contributed by atoms with Crippen molar-refractivity contribution in [2.24, 2.45) is 0 Å². The Balaban J connectivity index is 1.74. The zero-order chi connectivity index (χ0) is 19.9. The number of alkyl halides is 3. The number of halogens is 3. The molecule has 0 aromatic heterocycles. The minimum atomic E-state index is -4.39. The van der Waals surface area contributed by atoms with Gasteiger partial charge in [-0.2, -0.15) is 13.2 Å². The third-order valence-electron chi connectivity index (χ3n) is 3.50. The largest absolute Gasteiger partial charge is 0.416 e. The fourth-order valence-corrected chi connectivity index (χ4v) is 2.11. The number of non-ortho nitro benzene ring substituents is 1. The van der Waals surface area contributed by atoms with Crippen LogP contribution in [0.2, 0.25) is 0 Å². The van der Waals surface area contributed by atoms with Gasteiger partial charge in [0.2, 0.25) is 5.91 Å². The Morgan fingerprint density at radius 3 is 2.22 bits per heavy atom. The molecule has 0 radical (unpaired) electrons. The summed E-state index contributed by atoms with van der Waals surface area (Å²) in [7, 11) is 0. The smallest absolute Gasteiger partial charge is 0.383 e. The van der Waals surface area contributed by atoms with E-state index in [-0.39, 0.29) is 11.6 Å². The number of hydrogen-bond acceptors (Lipinski definition) is 4. The third-order valence-corrected chi connectivity index (χ3v) is 3.50. The van der Waals surface area contributed by atoms with Crippen LogP contribution in [0.5, 0.6) is 0 Å². The van der Waals surface area contributed by atoms with Gasteiger partial charge in [0.25, 0.3) is 5.69 Å². The Hall–Kier alpha value is -3.36. The van der Waals surface area contributed by atoms with Crippen LogP contribution >= 0.6 is 0 Å². The molecular formula is C18H16F3N3O3. The lowest BCUT2D eigenvalue weighted by Gasteiger charge is -2.07.